The summed E-state index contributed by atoms with van der Waals surface area (Å²) < 4.78 is 0. The van der Waals surface area contributed by atoms with E-state index in [4.69, 9.17) is 0 Å². The zero-order valence-corrected chi connectivity index (χ0v) is 11.4. The van der Waals surface area contributed by atoms with Gasteiger partial charge in [-0.1, -0.05) is 13.8 Å². The molecule has 0 aromatic rings. The summed E-state index contributed by atoms with van der Waals surface area (Å²) >= 11 is 0. The normalized spacial score (nSPS) is 37.5. The van der Waals surface area contributed by atoms with Gasteiger partial charge in [0.2, 0.25) is 0 Å². The van der Waals surface area contributed by atoms with E-state index in [2.05, 4.69) is 46.9 Å². The van der Waals surface area contributed by atoms with E-state index < -0.39 is 0 Å². The van der Waals surface area contributed by atoms with E-state index in [-0.39, 0.29) is 24.0 Å². The molecule has 1 fully saturated rings. The maximum Gasteiger partial charge on any atom is 0.0158 e. The summed E-state index contributed by atoms with van der Waals surface area (Å²) in [5, 5.41) is 3.67. The number of halogens is 1. The summed E-state index contributed by atoms with van der Waals surface area (Å²) in [5.74, 6) is 1.52. The Kier molecular flexibility index (Phi) is 3.64. The molecule has 0 aromatic carbocycles. The highest BCUT2D eigenvalue weighted by atomic mass is 127. The Morgan fingerprint density at radius 3 is 1.17 bits per heavy atom. The maximum atomic E-state index is 3.67. The zero-order chi connectivity index (χ0) is 8.86. The third kappa shape index (κ3) is 1.95. The van der Waals surface area contributed by atoms with Gasteiger partial charge in [0.1, 0.15) is 0 Å². The number of hydrogen-bond acceptors (Lipinski definition) is 1. The summed E-state index contributed by atoms with van der Waals surface area (Å²) in [6.07, 6.45) is 0. The molecule has 0 saturated carbocycles. The van der Waals surface area contributed by atoms with Gasteiger partial charge in [-0.3, -0.25) is 0 Å². The van der Waals surface area contributed by atoms with Crippen LogP contribution in [0.25, 0.3) is 0 Å². The van der Waals surface area contributed by atoms with Crippen LogP contribution in [-0.2, 0) is 0 Å². The SMILES string of the molecule is CC1C(C)C(C)(C)NC1(C)C.I. The lowest BCUT2D eigenvalue weighted by Crippen LogP contribution is -2.45. The van der Waals surface area contributed by atoms with Crippen molar-refractivity contribution in [1.29, 1.82) is 0 Å². The highest BCUT2D eigenvalue weighted by molar-refractivity contribution is 14.0. The molecule has 0 aromatic heterocycles. The summed E-state index contributed by atoms with van der Waals surface area (Å²) in [4.78, 5) is 0. The molecule has 1 N–H and O–H groups in total. The average Bonchev–Trinajstić information content (AvgIpc) is 1.91. The first kappa shape index (κ1) is 12.7. The second-order valence-corrected chi connectivity index (χ2v) is 5.15. The van der Waals surface area contributed by atoms with Gasteiger partial charge in [-0.25, -0.2) is 0 Å². The molecule has 2 atom stereocenters. The fourth-order valence-corrected chi connectivity index (χ4v) is 2.31. The average molecular weight is 283 g/mol. The predicted octanol–water partition coefficient (Wildman–Crippen LogP) is 3.04. The summed E-state index contributed by atoms with van der Waals surface area (Å²) in [6.45, 7) is 13.9. The third-order valence-corrected chi connectivity index (χ3v) is 3.67. The Morgan fingerprint density at radius 2 is 1.08 bits per heavy atom. The first-order valence-corrected chi connectivity index (χ1v) is 4.57. The molecule has 1 aliphatic heterocycles. The van der Waals surface area contributed by atoms with Crippen LogP contribution >= 0.6 is 24.0 Å². The minimum absolute atomic E-state index is 0. The molecule has 1 rings (SSSR count). The topological polar surface area (TPSA) is 12.0 Å². The molecule has 2 heteroatoms. The minimum atomic E-state index is 0. The van der Waals surface area contributed by atoms with Crippen molar-refractivity contribution >= 4 is 24.0 Å². The van der Waals surface area contributed by atoms with Crippen LogP contribution in [0.4, 0.5) is 0 Å². The summed E-state index contributed by atoms with van der Waals surface area (Å²) in [6, 6.07) is 0. The molecule has 1 saturated heterocycles. The first-order chi connectivity index (χ1) is 4.77. The van der Waals surface area contributed by atoms with Crippen molar-refractivity contribution in [3.8, 4) is 0 Å². The Labute approximate surface area is 93.7 Å². The van der Waals surface area contributed by atoms with Gasteiger partial charge in [0.05, 0.1) is 0 Å². The van der Waals surface area contributed by atoms with Crippen LogP contribution in [0.1, 0.15) is 41.5 Å². The standard InChI is InChI=1S/C10H21N.HI/c1-7-8(2)10(5,6)11-9(7,3)4;/h7-8,11H,1-6H3;1H. The van der Waals surface area contributed by atoms with E-state index in [9.17, 15) is 0 Å². The largest absolute Gasteiger partial charge is 0.306 e. The molecule has 74 valence electrons. The number of nitrogens with one attached hydrogen (secondary N) is 1. The minimum Gasteiger partial charge on any atom is -0.306 e. The predicted molar refractivity (Wildman–Crippen MR) is 65.0 cm³/mol. The molecule has 12 heavy (non-hydrogen) atoms. The van der Waals surface area contributed by atoms with Crippen LogP contribution in [0.2, 0.25) is 0 Å². The van der Waals surface area contributed by atoms with Crippen molar-refractivity contribution in [3.63, 3.8) is 0 Å². The van der Waals surface area contributed by atoms with E-state index in [1.807, 2.05) is 0 Å². The molecule has 2 unspecified atom stereocenters. The Balaban J connectivity index is 0.00000121. The van der Waals surface area contributed by atoms with E-state index in [0.29, 0.717) is 11.1 Å². The Bertz CT molecular complexity index is 145. The van der Waals surface area contributed by atoms with Gasteiger partial charge in [0.15, 0.2) is 0 Å². The lowest BCUT2D eigenvalue weighted by Gasteiger charge is -2.26. The van der Waals surface area contributed by atoms with Crippen molar-refractivity contribution in [2.45, 2.75) is 52.6 Å². The van der Waals surface area contributed by atoms with Crippen LogP contribution in [0.5, 0.6) is 0 Å². The lowest BCUT2D eigenvalue weighted by atomic mass is 9.80. The summed E-state index contributed by atoms with van der Waals surface area (Å²) in [7, 11) is 0. The second-order valence-electron chi connectivity index (χ2n) is 5.15. The fraction of sp³-hybridized carbons (Fsp3) is 1.00. The highest BCUT2D eigenvalue weighted by Crippen LogP contribution is 2.40. The molecular weight excluding hydrogens is 261 g/mol. The van der Waals surface area contributed by atoms with Gasteiger partial charge >= 0.3 is 0 Å². The van der Waals surface area contributed by atoms with E-state index >= 15 is 0 Å². The molecule has 1 nitrogen and oxygen atoms in total. The Hall–Kier alpha value is 0.690. The summed E-state index contributed by atoms with van der Waals surface area (Å²) in [5.41, 5.74) is 0.617. The van der Waals surface area contributed by atoms with Gasteiger partial charge in [0.25, 0.3) is 0 Å². The highest BCUT2D eigenvalue weighted by Gasteiger charge is 2.46. The van der Waals surface area contributed by atoms with Crippen LogP contribution in [-0.4, -0.2) is 11.1 Å². The van der Waals surface area contributed by atoms with Crippen LogP contribution < -0.4 is 5.32 Å². The van der Waals surface area contributed by atoms with Gasteiger partial charge in [0, 0.05) is 11.1 Å². The molecule has 0 spiro atoms. The molecule has 1 heterocycles. The van der Waals surface area contributed by atoms with Gasteiger partial charge in [-0.2, -0.15) is 0 Å². The number of rotatable bonds is 0. The molecular formula is C10H22IN. The second kappa shape index (κ2) is 3.45. The molecule has 0 amide bonds. The van der Waals surface area contributed by atoms with Crippen molar-refractivity contribution in [3.05, 3.63) is 0 Å². The molecule has 0 bridgehead atoms. The third-order valence-electron chi connectivity index (χ3n) is 3.67. The molecule has 1 aliphatic rings. The quantitative estimate of drug-likeness (QED) is 0.674. The van der Waals surface area contributed by atoms with Crippen LogP contribution in [0.3, 0.4) is 0 Å². The van der Waals surface area contributed by atoms with Crippen LogP contribution in [0.15, 0.2) is 0 Å². The Morgan fingerprint density at radius 1 is 0.833 bits per heavy atom. The van der Waals surface area contributed by atoms with Crippen molar-refractivity contribution < 1.29 is 0 Å². The van der Waals surface area contributed by atoms with Crippen molar-refractivity contribution in [2.24, 2.45) is 11.8 Å². The van der Waals surface area contributed by atoms with E-state index in [0.717, 1.165) is 11.8 Å². The smallest absolute Gasteiger partial charge is 0.0158 e. The van der Waals surface area contributed by atoms with Gasteiger partial charge in [-0.05, 0) is 39.5 Å². The lowest BCUT2D eigenvalue weighted by molar-refractivity contribution is 0.314. The molecule has 0 aliphatic carbocycles. The zero-order valence-electron chi connectivity index (χ0n) is 9.06. The van der Waals surface area contributed by atoms with E-state index in [1.165, 1.54) is 0 Å². The van der Waals surface area contributed by atoms with Gasteiger partial charge in [-0.15, -0.1) is 24.0 Å². The first-order valence-electron chi connectivity index (χ1n) is 4.57. The monoisotopic (exact) mass is 283 g/mol. The van der Waals surface area contributed by atoms with Gasteiger partial charge < -0.3 is 5.32 Å². The van der Waals surface area contributed by atoms with Crippen molar-refractivity contribution in [1.82, 2.24) is 5.32 Å². The van der Waals surface area contributed by atoms with E-state index in [1.54, 1.807) is 0 Å². The fourth-order valence-electron chi connectivity index (χ4n) is 2.31. The van der Waals surface area contributed by atoms with Crippen LogP contribution in [0, 0.1) is 11.8 Å². The maximum absolute atomic E-state index is 3.67. The molecule has 0 radical (unpaired) electrons. The van der Waals surface area contributed by atoms with Crippen molar-refractivity contribution in [2.75, 3.05) is 0 Å². The number of hydrogen-bond donors (Lipinski definition) is 1.